The quantitative estimate of drug-likeness (QED) is 0.250. The number of anilines is 2. The minimum atomic E-state index is -3.74. The Morgan fingerprint density at radius 2 is 1.76 bits per heavy atom. The van der Waals surface area contributed by atoms with Crippen LogP contribution >= 0.6 is 0 Å². The van der Waals surface area contributed by atoms with Gasteiger partial charge >= 0.3 is 6.29 Å². The number of nitrogens with one attached hydrogen (secondary N) is 3. The molecule has 1 unspecified atom stereocenters. The van der Waals surface area contributed by atoms with Crippen LogP contribution in [0.25, 0.3) is 0 Å². The van der Waals surface area contributed by atoms with Gasteiger partial charge in [0.15, 0.2) is 11.5 Å². The van der Waals surface area contributed by atoms with Crippen LogP contribution in [-0.2, 0) is 6.54 Å². The molecule has 1 aromatic heterocycles. The summed E-state index contributed by atoms with van der Waals surface area (Å²) in [4.78, 5) is 32.4. The van der Waals surface area contributed by atoms with Crippen molar-refractivity contribution in [3.05, 3.63) is 77.6 Å². The molecular weight excluding hydrogens is 532 g/mol. The molecule has 0 radical (unpaired) electrons. The summed E-state index contributed by atoms with van der Waals surface area (Å²) >= 11 is 0. The largest absolute Gasteiger partial charge is 0.586 e. The maximum Gasteiger partial charge on any atom is 0.586 e. The number of para-hydroxylation sites is 1. The van der Waals surface area contributed by atoms with Gasteiger partial charge in [-0.05, 0) is 81.4 Å². The molecule has 2 amide bonds. The molecule has 3 aromatic rings. The van der Waals surface area contributed by atoms with Gasteiger partial charge < -0.3 is 30.3 Å². The Labute approximate surface area is 238 Å². The van der Waals surface area contributed by atoms with Crippen molar-refractivity contribution in [3.8, 4) is 11.5 Å². The number of carbonyl (C=O) groups is 2. The zero-order valence-electron chi connectivity index (χ0n) is 23.4. The smallest absolute Gasteiger partial charge is 0.395 e. The number of amides is 2. The summed E-state index contributed by atoms with van der Waals surface area (Å²) in [6.45, 7) is 9.65. The summed E-state index contributed by atoms with van der Waals surface area (Å²) < 4.78 is 35.5. The molecule has 11 heteroatoms. The van der Waals surface area contributed by atoms with Gasteiger partial charge in [-0.25, -0.2) is 0 Å². The van der Waals surface area contributed by atoms with E-state index in [-0.39, 0.29) is 29.1 Å². The summed E-state index contributed by atoms with van der Waals surface area (Å²) in [5, 5.41) is 8.96. The third-order valence-corrected chi connectivity index (χ3v) is 6.75. The van der Waals surface area contributed by atoms with Crippen LogP contribution < -0.4 is 25.4 Å². The fourth-order valence-corrected chi connectivity index (χ4v) is 4.50. The molecule has 0 saturated heterocycles. The molecule has 1 aliphatic rings. The molecular formula is C30H35F2N5O4. The fourth-order valence-electron chi connectivity index (χ4n) is 4.50. The first-order chi connectivity index (χ1) is 19.7. The van der Waals surface area contributed by atoms with Crippen LogP contribution in [0.1, 0.15) is 60.0 Å². The monoisotopic (exact) mass is 567 g/mol. The Morgan fingerprint density at radius 1 is 1.00 bits per heavy atom. The molecule has 2 heterocycles. The Morgan fingerprint density at radius 3 is 2.54 bits per heavy atom. The van der Waals surface area contributed by atoms with Gasteiger partial charge in [-0.1, -0.05) is 26.0 Å². The number of aromatic nitrogens is 1. The van der Waals surface area contributed by atoms with E-state index in [0.29, 0.717) is 23.5 Å². The van der Waals surface area contributed by atoms with E-state index in [9.17, 15) is 18.4 Å². The first kappa shape index (κ1) is 29.7. The van der Waals surface area contributed by atoms with Crippen molar-refractivity contribution < 1.29 is 27.8 Å². The summed E-state index contributed by atoms with van der Waals surface area (Å²) in [5.74, 6) is -0.942. The summed E-state index contributed by atoms with van der Waals surface area (Å²) in [6, 6.07) is 14.5. The molecule has 4 rings (SSSR count). The average molecular weight is 568 g/mol. The number of benzene rings is 2. The van der Waals surface area contributed by atoms with Gasteiger partial charge in [-0.15, -0.1) is 8.78 Å². The molecule has 1 atom stereocenters. The summed E-state index contributed by atoms with van der Waals surface area (Å²) in [5.41, 5.74) is 2.31. The summed E-state index contributed by atoms with van der Waals surface area (Å²) in [7, 11) is 0. The van der Waals surface area contributed by atoms with E-state index in [0.717, 1.165) is 38.0 Å². The Balaban J connectivity index is 1.34. The number of carbonyl (C=O) groups excluding carboxylic acids is 2. The highest BCUT2D eigenvalue weighted by atomic mass is 19.3. The van der Waals surface area contributed by atoms with E-state index >= 15 is 0 Å². The van der Waals surface area contributed by atoms with E-state index in [2.05, 4.69) is 49.2 Å². The van der Waals surface area contributed by atoms with Crippen LogP contribution in [0.15, 0.2) is 60.8 Å². The Kier molecular flexibility index (Phi) is 9.72. The lowest BCUT2D eigenvalue weighted by Gasteiger charge is -2.19. The average Bonchev–Trinajstić information content (AvgIpc) is 3.27. The number of nitrogens with zero attached hydrogens (tertiary/aromatic N) is 2. The van der Waals surface area contributed by atoms with Crippen molar-refractivity contribution in [1.82, 2.24) is 15.2 Å². The van der Waals surface area contributed by atoms with Crippen LogP contribution in [0.5, 0.6) is 11.5 Å². The van der Waals surface area contributed by atoms with E-state index in [1.807, 2.05) is 6.92 Å². The van der Waals surface area contributed by atoms with E-state index in [1.165, 1.54) is 18.2 Å². The Hall–Kier alpha value is -4.25. The van der Waals surface area contributed by atoms with Gasteiger partial charge in [0.2, 0.25) is 0 Å². The second-order valence-electron chi connectivity index (χ2n) is 9.78. The number of hydrogen-bond donors (Lipinski definition) is 3. The predicted octanol–water partition coefficient (Wildman–Crippen LogP) is 5.51. The first-order valence-corrected chi connectivity index (χ1v) is 13.7. The Bertz CT molecular complexity index is 1370. The topological polar surface area (TPSA) is 105 Å². The zero-order valence-corrected chi connectivity index (χ0v) is 23.4. The van der Waals surface area contributed by atoms with Crippen LogP contribution in [0.4, 0.5) is 20.2 Å². The molecule has 41 heavy (non-hydrogen) atoms. The molecule has 2 aromatic carbocycles. The summed E-state index contributed by atoms with van der Waals surface area (Å²) in [6.07, 6.45) is -0.281. The number of ether oxygens (including phenoxy) is 2. The highest BCUT2D eigenvalue weighted by Crippen LogP contribution is 2.42. The molecule has 0 bridgehead atoms. The van der Waals surface area contributed by atoms with Gasteiger partial charge in [0.25, 0.3) is 11.8 Å². The molecule has 1 aliphatic heterocycles. The lowest BCUT2D eigenvalue weighted by atomic mass is 10.1. The maximum atomic E-state index is 13.3. The molecule has 0 saturated carbocycles. The zero-order chi connectivity index (χ0) is 29.4. The minimum Gasteiger partial charge on any atom is -0.395 e. The SMILES string of the molecule is CCN(CC)CCCC(C)NC(=O)c1cc(CNc2ccccc2C(=O)Nc2ccc3c(c2)OC(F)(F)O3)ccn1. The number of halogens is 2. The van der Waals surface area contributed by atoms with Gasteiger partial charge in [0, 0.05) is 36.2 Å². The lowest BCUT2D eigenvalue weighted by Crippen LogP contribution is -2.34. The third kappa shape index (κ3) is 8.14. The predicted molar refractivity (Wildman–Crippen MR) is 153 cm³/mol. The van der Waals surface area contributed by atoms with Crippen molar-refractivity contribution in [2.45, 2.75) is 52.5 Å². The van der Waals surface area contributed by atoms with Crippen LogP contribution in [0.2, 0.25) is 0 Å². The molecule has 9 nitrogen and oxygen atoms in total. The van der Waals surface area contributed by atoms with Crippen molar-refractivity contribution in [1.29, 1.82) is 0 Å². The number of pyridine rings is 1. The molecule has 3 N–H and O–H groups in total. The van der Waals surface area contributed by atoms with Crippen molar-refractivity contribution in [2.24, 2.45) is 0 Å². The van der Waals surface area contributed by atoms with E-state index < -0.39 is 12.2 Å². The van der Waals surface area contributed by atoms with Gasteiger partial charge in [0.1, 0.15) is 5.69 Å². The number of fused-ring (bicyclic) bond motifs is 1. The van der Waals surface area contributed by atoms with Crippen LogP contribution in [0, 0.1) is 0 Å². The maximum absolute atomic E-state index is 13.3. The molecule has 0 fully saturated rings. The molecule has 0 spiro atoms. The lowest BCUT2D eigenvalue weighted by molar-refractivity contribution is -0.286. The molecule has 218 valence electrons. The van der Waals surface area contributed by atoms with Crippen LogP contribution in [0.3, 0.4) is 0 Å². The van der Waals surface area contributed by atoms with Crippen molar-refractivity contribution in [3.63, 3.8) is 0 Å². The fraction of sp³-hybridized carbons (Fsp3) is 0.367. The standard InChI is InChI=1S/C30H35F2N5O4/c1-4-37(5-2)16-8-9-20(3)35-29(39)25-17-21(14-15-33-25)19-34-24-11-7-6-10-23(24)28(38)36-22-12-13-26-27(18-22)41-30(31,32)40-26/h6-7,10-15,17-18,20,34H,4-5,8-9,16,19H2,1-3H3,(H,35,39)(H,36,38). The van der Waals surface area contributed by atoms with E-state index in [4.69, 9.17) is 0 Å². The van der Waals surface area contributed by atoms with Crippen molar-refractivity contribution in [2.75, 3.05) is 30.3 Å². The van der Waals surface area contributed by atoms with Gasteiger partial charge in [0.05, 0.1) is 5.56 Å². The number of rotatable bonds is 13. The minimum absolute atomic E-state index is 0.0216. The first-order valence-electron chi connectivity index (χ1n) is 13.7. The highest BCUT2D eigenvalue weighted by Gasteiger charge is 2.43. The van der Waals surface area contributed by atoms with E-state index in [1.54, 1.807) is 42.6 Å². The highest BCUT2D eigenvalue weighted by molar-refractivity contribution is 6.08. The van der Waals surface area contributed by atoms with Gasteiger partial charge in [-0.3, -0.25) is 14.6 Å². The van der Waals surface area contributed by atoms with Crippen LogP contribution in [-0.4, -0.2) is 53.7 Å². The second-order valence-corrected chi connectivity index (χ2v) is 9.78. The van der Waals surface area contributed by atoms with Crippen molar-refractivity contribution >= 4 is 23.2 Å². The van der Waals surface area contributed by atoms with Gasteiger partial charge in [-0.2, -0.15) is 0 Å². The second kappa shape index (κ2) is 13.4. The molecule has 0 aliphatic carbocycles. The third-order valence-electron chi connectivity index (χ3n) is 6.75. The number of hydrogen-bond acceptors (Lipinski definition) is 7. The number of alkyl halides is 2. The normalized spacial score (nSPS) is 14.0.